The molecule has 0 aliphatic carbocycles. The third-order valence-electron chi connectivity index (χ3n) is 1.38. The predicted octanol–water partition coefficient (Wildman–Crippen LogP) is 1.73. The first-order valence-corrected chi connectivity index (χ1v) is 3.66. The van der Waals surface area contributed by atoms with Crippen molar-refractivity contribution in [2.45, 2.75) is 19.8 Å². The molecule has 0 aliphatic heterocycles. The van der Waals surface area contributed by atoms with Crippen molar-refractivity contribution in [3.05, 3.63) is 18.2 Å². The lowest BCUT2D eigenvalue weighted by molar-refractivity contribution is -0.325. The molecule has 1 rings (SSSR count). The van der Waals surface area contributed by atoms with Gasteiger partial charge in [0.25, 0.3) is 0 Å². The Hall–Kier alpha value is -1.04. The number of nitrogens with zero attached hydrogens (tertiary/aromatic N) is 2. The number of halogens is 3. The summed E-state index contributed by atoms with van der Waals surface area (Å²) in [6.45, 7) is 1.53. The molecule has 0 saturated carbocycles. The fraction of sp³-hybridized carbons (Fsp3) is 0.571. The largest absolute Gasteiger partial charge is 0.522 e. The maximum Gasteiger partial charge on any atom is 0.522 e. The standard InChI is InChI=1S/C7H9F3N2O/c1-6-4-12(5-11-6)2-3-13-7(8,9)10/h4-5H,2-3H2,1H3. The Labute approximate surface area is 73.1 Å². The molecule has 0 spiro atoms. The van der Waals surface area contributed by atoms with Gasteiger partial charge in [-0.1, -0.05) is 0 Å². The second kappa shape index (κ2) is 3.78. The molecule has 74 valence electrons. The van der Waals surface area contributed by atoms with E-state index >= 15 is 0 Å². The molecule has 0 fully saturated rings. The molecule has 13 heavy (non-hydrogen) atoms. The molecule has 1 aromatic rings. The molecule has 0 unspecified atom stereocenters. The van der Waals surface area contributed by atoms with E-state index in [4.69, 9.17) is 0 Å². The first-order chi connectivity index (χ1) is 5.97. The van der Waals surface area contributed by atoms with E-state index in [2.05, 4.69) is 9.72 Å². The third kappa shape index (κ3) is 3.93. The van der Waals surface area contributed by atoms with Crippen molar-refractivity contribution in [2.75, 3.05) is 6.61 Å². The van der Waals surface area contributed by atoms with Gasteiger partial charge in [-0.05, 0) is 6.92 Å². The Morgan fingerprint density at radius 2 is 2.23 bits per heavy atom. The number of aryl methyl sites for hydroxylation is 1. The van der Waals surface area contributed by atoms with Crippen LogP contribution in [0.15, 0.2) is 12.5 Å². The van der Waals surface area contributed by atoms with E-state index in [-0.39, 0.29) is 13.2 Å². The Kier molecular flexibility index (Phi) is 2.92. The van der Waals surface area contributed by atoms with Gasteiger partial charge in [0.05, 0.1) is 18.6 Å². The molecule has 1 aromatic heterocycles. The maximum atomic E-state index is 11.5. The highest BCUT2D eigenvalue weighted by molar-refractivity contribution is 4.91. The summed E-state index contributed by atoms with van der Waals surface area (Å²) in [4.78, 5) is 3.86. The second-order valence-corrected chi connectivity index (χ2v) is 2.55. The van der Waals surface area contributed by atoms with Crippen LogP contribution in [0.3, 0.4) is 0 Å². The van der Waals surface area contributed by atoms with Crippen molar-refractivity contribution < 1.29 is 17.9 Å². The molecule has 0 atom stereocenters. The number of aromatic nitrogens is 2. The van der Waals surface area contributed by atoms with E-state index in [0.29, 0.717) is 0 Å². The summed E-state index contributed by atoms with van der Waals surface area (Å²) in [5, 5.41) is 0. The van der Waals surface area contributed by atoms with Crippen molar-refractivity contribution in [1.82, 2.24) is 9.55 Å². The zero-order valence-corrected chi connectivity index (χ0v) is 7.01. The second-order valence-electron chi connectivity index (χ2n) is 2.55. The number of hydrogen-bond donors (Lipinski definition) is 0. The lowest BCUT2D eigenvalue weighted by Crippen LogP contribution is -2.16. The van der Waals surface area contributed by atoms with Crippen molar-refractivity contribution >= 4 is 0 Å². The third-order valence-corrected chi connectivity index (χ3v) is 1.38. The molecular weight excluding hydrogens is 185 g/mol. The molecule has 1 heterocycles. The van der Waals surface area contributed by atoms with Crippen LogP contribution in [0.5, 0.6) is 0 Å². The van der Waals surface area contributed by atoms with Gasteiger partial charge in [0.15, 0.2) is 0 Å². The van der Waals surface area contributed by atoms with Crippen LogP contribution in [-0.4, -0.2) is 22.5 Å². The Bertz CT molecular complexity index is 269. The number of hydrogen-bond acceptors (Lipinski definition) is 2. The minimum atomic E-state index is -4.55. The lowest BCUT2D eigenvalue weighted by Gasteiger charge is -2.06. The smallest absolute Gasteiger partial charge is 0.335 e. The van der Waals surface area contributed by atoms with Crippen LogP contribution in [0, 0.1) is 6.92 Å². The predicted molar refractivity (Wildman–Crippen MR) is 39.0 cm³/mol. The van der Waals surface area contributed by atoms with Crippen molar-refractivity contribution in [2.24, 2.45) is 0 Å². The minimum absolute atomic E-state index is 0.153. The minimum Gasteiger partial charge on any atom is -0.335 e. The van der Waals surface area contributed by atoms with Crippen LogP contribution < -0.4 is 0 Å². The number of imidazole rings is 1. The molecule has 0 aromatic carbocycles. The van der Waals surface area contributed by atoms with Gasteiger partial charge in [-0.2, -0.15) is 0 Å². The summed E-state index contributed by atoms with van der Waals surface area (Å²) in [6.07, 6.45) is -1.43. The summed E-state index contributed by atoms with van der Waals surface area (Å²) >= 11 is 0. The zero-order chi connectivity index (χ0) is 9.90. The Morgan fingerprint density at radius 1 is 1.54 bits per heavy atom. The van der Waals surface area contributed by atoms with E-state index in [0.717, 1.165) is 5.69 Å². The van der Waals surface area contributed by atoms with Crippen LogP contribution in [0.1, 0.15) is 5.69 Å². The summed E-state index contributed by atoms with van der Waals surface area (Å²) in [6, 6.07) is 0. The fourth-order valence-electron chi connectivity index (χ4n) is 0.861. The number of alkyl halides is 3. The quantitative estimate of drug-likeness (QED) is 0.732. The summed E-state index contributed by atoms with van der Waals surface area (Å²) in [5.41, 5.74) is 0.770. The van der Waals surface area contributed by atoms with Gasteiger partial charge in [0.2, 0.25) is 0 Å². The average molecular weight is 194 g/mol. The highest BCUT2D eigenvalue weighted by Crippen LogP contribution is 2.15. The van der Waals surface area contributed by atoms with Gasteiger partial charge in [0.1, 0.15) is 0 Å². The molecule has 0 bridgehead atoms. The van der Waals surface area contributed by atoms with Crippen LogP contribution >= 0.6 is 0 Å². The molecule has 3 nitrogen and oxygen atoms in total. The monoisotopic (exact) mass is 194 g/mol. The van der Waals surface area contributed by atoms with E-state index in [1.807, 2.05) is 0 Å². The molecule has 0 radical (unpaired) electrons. The van der Waals surface area contributed by atoms with E-state index in [9.17, 15) is 13.2 Å². The van der Waals surface area contributed by atoms with Crippen LogP contribution in [0.4, 0.5) is 13.2 Å². The number of ether oxygens (including phenoxy) is 1. The van der Waals surface area contributed by atoms with Gasteiger partial charge in [-0.3, -0.25) is 4.74 Å². The van der Waals surface area contributed by atoms with Gasteiger partial charge < -0.3 is 4.57 Å². The SMILES string of the molecule is Cc1cn(CCOC(F)(F)F)cn1. The number of rotatable bonds is 3. The van der Waals surface area contributed by atoms with Crippen molar-refractivity contribution in [3.63, 3.8) is 0 Å². The normalized spacial score (nSPS) is 12.0. The molecule has 6 heteroatoms. The molecule has 0 saturated heterocycles. The topological polar surface area (TPSA) is 27.1 Å². The Balaban J connectivity index is 2.28. The van der Waals surface area contributed by atoms with Gasteiger partial charge in [0, 0.05) is 12.7 Å². The summed E-state index contributed by atoms with van der Waals surface area (Å²) in [7, 11) is 0. The van der Waals surface area contributed by atoms with Gasteiger partial charge >= 0.3 is 6.36 Å². The van der Waals surface area contributed by atoms with Crippen LogP contribution in [0.25, 0.3) is 0 Å². The lowest BCUT2D eigenvalue weighted by atomic mass is 10.5. The van der Waals surface area contributed by atoms with Crippen molar-refractivity contribution in [1.29, 1.82) is 0 Å². The summed E-state index contributed by atoms with van der Waals surface area (Å²) in [5.74, 6) is 0. The van der Waals surface area contributed by atoms with Crippen molar-refractivity contribution in [3.8, 4) is 0 Å². The molecule has 0 aliphatic rings. The maximum absolute atomic E-state index is 11.5. The summed E-state index contributed by atoms with van der Waals surface area (Å²) < 4.78 is 39.7. The van der Waals surface area contributed by atoms with E-state index < -0.39 is 6.36 Å². The first kappa shape index (κ1) is 10.0. The highest BCUT2D eigenvalue weighted by atomic mass is 19.4. The highest BCUT2D eigenvalue weighted by Gasteiger charge is 2.28. The first-order valence-electron chi connectivity index (χ1n) is 3.66. The zero-order valence-electron chi connectivity index (χ0n) is 7.01. The molecular formula is C7H9F3N2O. The Morgan fingerprint density at radius 3 is 2.69 bits per heavy atom. The van der Waals surface area contributed by atoms with E-state index in [1.165, 1.54) is 6.33 Å². The van der Waals surface area contributed by atoms with Gasteiger partial charge in [-0.25, -0.2) is 4.98 Å². The van der Waals surface area contributed by atoms with Gasteiger partial charge in [-0.15, -0.1) is 13.2 Å². The molecule has 0 N–H and O–H groups in total. The van der Waals surface area contributed by atoms with Crippen LogP contribution in [-0.2, 0) is 11.3 Å². The van der Waals surface area contributed by atoms with Crippen LogP contribution in [0.2, 0.25) is 0 Å². The fourth-order valence-corrected chi connectivity index (χ4v) is 0.861. The van der Waals surface area contributed by atoms with E-state index in [1.54, 1.807) is 17.7 Å². The molecule has 0 amide bonds. The average Bonchev–Trinajstić information content (AvgIpc) is 2.33.